The average Bonchev–Trinajstić information content (AvgIpc) is 1.63. The van der Waals surface area contributed by atoms with E-state index in [9.17, 15) is 9.59 Å². The quantitative estimate of drug-likeness (QED) is 0.546. The number of nitrogens with two attached hydrogens (primary N) is 1. The second kappa shape index (κ2) is 4.02. The first-order valence-corrected chi connectivity index (χ1v) is 2.84. The van der Waals surface area contributed by atoms with Crippen molar-refractivity contribution in [1.29, 1.82) is 0 Å². The summed E-state index contributed by atoms with van der Waals surface area (Å²) in [5.74, 6) is -1.34. The molecule has 0 aliphatic heterocycles. The first-order valence-electron chi connectivity index (χ1n) is 1.93. The number of amides is 1. The highest BCUT2D eigenvalue weighted by Gasteiger charge is 1.99. The molecule has 0 spiro atoms. The fraction of sp³-hybridized carbons (Fsp3) is 0.333. The lowest BCUT2D eigenvalue weighted by atomic mass is 10.8. The van der Waals surface area contributed by atoms with Crippen LogP contribution in [0.5, 0.6) is 0 Å². The van der Waals surface area contributed by atoms with E-state index in [2.05, 4.69) is 9.92 Å². The van der Waals surface area contributed by atoms with Crippen LogP contribution in [0.3, 0.4) is 0 Å². The lowest BCUT2D eigenvalue weighted by Crippen LogP contribution is -2.10. The standard InChI is InChI=1S/C3H5NO4S/c4-3(7)8-9-1-2(5)6/h1H2,(H2,4,7)(H,5,6). The Balaban J connectivity index is 3.10. The number of aliphatic carboxylic acids is 1. The first-order chi connectivity index (χ1) is 4.13. The second-order valence-electron chi connectivity index (χ2n) is 1.06. The Morgan fingerprint density at radius 2 is 2.22 bits per heavy atom. The first kappa shape index (κ1) is 8.09. The van der Waals surface area contributed by atoms with Gasteiger partial charge in [-0.2, -0.15) is 0 Å². The van der Waals surface area contributed by atoms with Crippen molar-refractivity contribution >= 4 is 24.1 Å². The Kier molecular flexibility index (Phi) is 3.61. The Morgan fingerprint density at radius 3 is 2.56 bits per heavy atom. The van der Waals surface area contributed by atoms with Gasteiger partial charge in [-0.15, -0.1) is 0 Å². The van der Waals surface area contributed by atoms with Crippen LogP contribution in [-0.2, 0) is 8.98 Å². The topological polar surface area (TPSA) is 89.6 Å². The summed E-state index contributed by atoms with van der Waals surface area (Å²) in [6.07, 6.45) is -0.985. The smallest absolute Gasteiger partial charge is 0.416 e. The zero-order chi connectivity index (χ0) is 7.28. The van der Waals surface area contributed by atoms with E-state index in [1.807, 2.05) is 0 Å². The van der Waals surface area contributed by atoms with Crippen LogP contribution in [0.25, 0.3) is 0 Å². The number of carboxylic acid groups (broad SMARTS) is 1. The van der Waals surface area contributed by atoms with Gasteiger partial charge in [-0.1, -0.05) is 0 Å². The van der Waals surface area contributed by atoms with Crippen LogP contribution >= 0.6 is 12.0 Å². The van der Waals surface area contributed by atoms with Crippen molar-refractivity contribution in [2.45, 2.75) is 0 Å². The molecule has 3 N–H and O–H groups in total. The predicted octanol–water partition coefficient (Wildman–Crippen LogP) is -0.185. The largest absolute Gasteiger partial charge is 0.481 e. The minimum absolute atomic E-state index is 0.289. The second-order valence-corrected chi connectivity index (χ2v) is 1.75. The lowest BCUT2D eigenvalue weighted by Gasteiger charge is -1.92. The third-order valence-corrected chi connectivity index (χ3v) is 0.970. The van der Waals surface area contributed by atoms with Crippen LogP contribution in [0, 0.1) is 0 Å². The van der Waals surface area contributed by atoms with E-state index in [0.717, 1.165) is 0 Å². The number of rotatable bonds is 3. The van der Waals surface area contributed by atoms with Gasteiger partial charge in [0.05, 0.1) is 12.0 Å². The highest BCUT2D eigenvalue weighted by atomic mass is 32.2. The molecule has 0 heterocycles. The van der Waals surface area contributed by atoms with Crippen LogP contribution in [0.2, 0.25) is 0 Å². The van der Waals surface area contributed by atoms with Gasteiger partial charge in [0.1, 0.15) is 5.75 Å². The Labute approximate surface area is 55.4 Å². The summed E-state index contributed by atoms with van der Waals surface area (Å²) in [5.41, 5.74) is 4.50. The van der Waals surface area contributed by atoms with E-state index in [-0.39, 0.29) is 5.75 Å². The summed E-state index contributed by atoms with van der Waals surface area (Å²) in [6.45, 7) is 0. The highest BCUT2D eigenvalue weighted by Crippen LogP contribution is 1.99. The summed E-state index contributed by atoms with van der Waals surface area (Å²) in [6, 6.07) is 0. The minimum Gasteiger partial charge on any atom is -0.481 e. The van der Waals surface area contributed by atoms with Crippen molar-refractivity contribution in [3.63, 3.8) is 0 Å². The molecule has 0 radical (unpaired) electrons. The van der Waals surface area contributed by atoms with Gasteiger partial charge >= 0.3 is 12.1 Å². The maximum atomic E-state index is 9.77. The van der Waals surface area contributed by atoms with Crippen molar-refractivity contribution in [2.24, 2.45) is 5.73 Å². The summed E-state index contributed by atoms with van der Waals surface area (Å²) < 4.78 is 4.03. The molecule has 0 atom stereocenters. The SMILES string of the molecule is NC(=O)OSCC(=O)O. The Morgan fingerprint density at radius 1 is 1.67 bits per heavy atom. The molecule has 52 valence electrons. The molecule has 0 rings (SSSR count). The zero-order valence-corrected chi connectivity index (χ0v) is 5.18. The van der Waals surface area contributed by atoms with E-state index in [4.69, 9.17) is 5.11 Å². The van der Waals surface area contributed by atoms with E-state index < -0.39 is 12.1 Å². The summed E-state index contributed by atoms with van der Waals surface area (Å²) in [4.78, 5) is 19.5. The van der Waals surface area contributed by atoms with Gasteiger partial charge < -0.3 is 15.0 Å². The maximum absolute atomic E-state index is 9.77. The minimum atomic E-state index is -1.05. The fourth-order valence-electron chi connectivity index (χ4n) is 0.138. The summed E-state index contributed by atoms with van der Waals surface area (Å²) in [7, 11) is 0. The third-order valence-electron chi connectivity index (χ3n) is 0.323. The van der Waals surface area contributed by atoms with E-state index in [0.29, 0.717) is 12.0 Å². The zero-order valence-electron chi connectivity index (χ0n) is 4.36. The molecule has 5 nitrogen and oxygen atoms in total. The molecule has 0 aromatic heterocycles. The number of carbonyl (C=O) groups excluding carboxylic acids is 1. The number of carbonyl (C=O) groups is 2. The third kappa shape index (κ3) is 7.09. The molecule has 0 aromatic carbocycles. The molecule has 6 heteroatoms. The molecular formula is C3H5NO4S. The van der Waals surface area contributed by atoms with Crippen LogP contribution < -0.4 is 5.73 Å². The average molecular weight is 151 g/mol. The fourth-order valence-corrected chi connectivity index (χ4v) is 0.414. The van der Waals surface area contributed by atoms with Gasteiger partial charge in [-0.05, 0) is 0 Å². The lowest BCUT2D eigenvalue weighted by molar-refractivity contribution is -0.133. The molecule has 0 saturated heterocycles. The van der Waals surface area contributed by atoms with Crippen LogP contribution in [-0.4, -0.2) is 22.9 Å². The summed E-state index contributed by atoms with van der Waals surface area (Å²) >= 11 is 0.495. The maximum Gasteiger partial charge on any atom is 0.416 e. The van der Waals surface area contributed by atoms with Gasteiger partial charge in [0, 0.05) is 0 Å². The van der Waals surface area contributed by atoms with Gasteiger partial charge in [-0.25, -0.2) is 4.79 Å². The molecule has 0 aromatic rings. The van der Waals surface area contributed by atoms with Crippen LogP contribution in [0.4, 0.5) is 4.79 Å². The molecule has 1 amide bonds. The molecular weight excluding hydrogens is 146 g/mol. The molecule has 9 heavy (non-hydrogen) atoms. The molecule has 0 unspecified atom stereocenters. The van der Waals surface area contributed by atoms with Gasteiger partial charge in [0.15, 0.2) is 0 Å². The summed E-state index contributed by atoms with van der Waals surface area (Å²) in [5, 5.41) is 7.97. The van der Waals surface area contributed by atoms with Crippen molar-refractivity contribution in [2.75, 3.05) is 5.75 Å². The number of primary amides is 1. The van der Waals surface area contributed by atoms with Crippen molar-refractivity contribution in [3.05, 3.63) is 0 Å². The van der Waals surface area contributed by atoms with Crippen molar-refractivity contribution < 1.29 is 18.9 Å². The van der Waals surface area contributed by atoms with Gasteiger partial charge in [-0.3, -0.25) is 4.79 Å². The molecule has 0 saturated carbocycles. The predicted molar refractivity (Wildman–Crippen MR) is 30.8 cm³/mol. The van der Waals surface area contributed by atoms with Gasteiger partial charge in [0.2, 0.25) is 0 Å². The van der Waals surface area contributed by atoms with E-state index in [1.54, 1.807) is 0 Å². The van der Waals surface area contributed by atoms with Crippen molar-refractivity contribution in [3.8, 4) is 0 Å². The molecule has 0 aliphatic carbocycles. The molecule has 0 aliphatic rings. The molecule has 0 bridgehead atoms. The van der Waals surface area contributed by atoms with Crippen LogP contribution in [0.1, 0.15) is 0 Å². The number of hydrogen-bond acceptors (Lipinski definition) is 4. The van der Waals surface area contributed by atoms with E-state index >= 15 is 0 Å². The normalized spacial score (nSPS) is 8.44. The van der Waals surface area contributed by atoms with E-state index in [1.165, 1.54) is 0 Å². The Hall–Kier alpha value is -0.910. The van der Waals surface area contributed by atoms with Crippen molar-refractivity contribution in [1.82, 2.24) is 0 Å². The highest BCUT2D eigenvalue weighted by molar-refractivity contribution is 7.95. The molecule has 0 fully saturated rings. The Bertz CT molecular complexity index is 111. The van der Waals surface area contributed by atoms with Gasteiger partial charge in [0.25, 0.3) is 0 Å². The number of carboxylic acids is 1. The number of hydrogen-bond donors (Lipinski definition) is 2. The monoisotopic (exact) mass is 151 g/mol. The van der Waals surface area contributed by atoms with Crippen LogP contribution in [0.15, 0.2) is 0 Å².